The summed E-state index contributed by atoms with van der Waals surface area (Å²) >= 11 is 0. The molecule has 0 aromatic carbocycles. The predicted octanol–water partition coefficient (Wildman–Crippen LogP) is 6.12. The van der Waals surface area contributed by atoms with Gasteiger partial charge in [0, 0.05) is 5.92 Å². The molecule has 0 heterocycles. The molecule has 0 amide bonds. The maximum Gasteiger partial charge on any atom is 0.309 e. The van der Waals surface area contributed by atoms with Gasteiger partial charge in [-0.25, -0.2) is 0 Å². The van der Waals surface area contributed by atoms with Crippen LogP contribution < -0.4 is 0 Å². The summed E-state index contributed by atoms with van der Waals surface area (Å²) in [5.74, 6) is 0.617. The molecular weight excluding hydrogens is 424 g/mol. The Hall–Kier alpha value is -1.16. The highest BCUT2D eigenvalue weighted by Crippen LogP contribution is 2.78. The lowest BCUT2D eigenvalue weighted by atomic mass is 9.34. The Balaban J connectivity index is 1.61. The number of fused-ring (bicyclic) bond motifs is 7. The first-order valence-electron chi connectivity index (χ1n) is 13.8. The number of carboxylic acids is 1. The number of carbonyl (C=O) groups is 2. The number of hydrogen-bond acceptors (Lipinski definition) is 3. The van der Waals surface area contributed by atoms with E-state index >= 15 is 0 Å². The highest BCUT2D eigenvalue weighted by Gasteiger charge is 2.74. The molecule has 0 saturated heterocycles. The van der Waals surface area contributed by atoms with Crippen LogP contribution in [0.3, 0.4) is 0 Å². The first-order chi connectivity index (χ1) is 15.7. The van der Waals surface area contributed by atoms with Crippen LogP contribution in [0.25, 0.3) is 0 Å². The van der Waals surface area contributed by atoms with Crippen LogP contribution in [0.15, 0.2) is 12.2 Å². The average Bonchev–Trinajstić information content (AvgIpc) is 3.22. The molecule has 5 fully saturated rings. The van der Waals surface area contributed by atoms with Crippen molar-refractivity contribution in [3.63, 3.8) is 0 Å². The van der Waals surface area contributed by atoms with E-state index in [9.17, 15) is 19.8 Å². The number of aliphatic hydroxyl groups excluding tert-OH is 1. The fourth-order valence-electron chi connectivity index (χ4n) is 11.7. The monoisotopic (exact) mass is 470 g/mol. The summed E-state index contributed by atoms with van der Waals surface area (Å²) in [4.78, 5) is 25.2. The largest absolute Gasteiger partial charge is 0.481 e. The number of allylic oxidation sites excluding steroid dienone is 1. The van der Waals surface area contributed by atoms with E-state index in [4.69, 9.17) is 0 Å². The molecule has 0 spiro atoms. The topological polar surface area (TPSA) is 74.6 Å². The van der Waals surface area contributed by atoms with Crippen LogP contribution in [0.2, 0.25) is 0 Å². The van der Waals surface area contributed by atoms with Crippen molar-refractivity contribution in [3.8, 4) is 0 Å². The summed E-state index contributed by atoms with van der Waals surface area (Å²) in [6.07, 6.45) is 8.13. The Bertz CT molecular complexity index is 923. The molecular formula is C30H46O4. The van der Waals surface area contributed by atoms with Gasteiger partial charge in [-0.1, -0.05) is 46.8 Å². The number of carbonyl (C=O) groups excluding carboxylic acids is 1. The Labute approximate surface area is 206 Å². The zero-order valence-electron chi connectivity index (χ0n) is 22.2. The Kier molecular flexibility index (Phi) is 5.20. The molecule has 5 aliphatic rings. The van der Waals surface area contributed by atoms with Crippen molar-refractivity contribution in [3.05, 3.63) is 12.2 Å². The third-order valence-corrected chi connectivity index (χ3v) is 13.5. The maximum absolute atomic E-state index is 12.8. The standard InChI is InChI=1S/C30H46O4/c1-17(2)18-10-13-30(25(33)34)15-14-27(5)19(23(18)30)8-9-22-28(27,6)12-11-21-26(3,4)24(32)20(16-31)29(21,22)7/h16,18-24,32H,1,8-15H2,2-7H3,(H,33,34)/t18-,19+,20?,21-,22-,23+,24?,27+,28+,29-,30-/m0/s1. The van der Waals surface area contributed by atoms with Crippen LogP contribution in [0.1, 0.15) is 92.9 Å². The Morgan fingerprint density at radius 3 is 2.18 bits per heavy atom. The summed E-state index contributed by atoms with van der Waals surface area (Å²) in [7, 11) is 0. The molecule has 0 aromatic rings. The lowest BCUT2D eigenvalue weighted by Crippen LogP contribution is -2.65. The minimum absolute atomic E-state index is 0.0371. The maximum atomic E-state index is 12.8. The molecule has 4 heteroatoms. The minimum Gasteiger partial charge on any atom is -0.481 e. The van der Waals surface area contributed by atoms with Crippen molar-refractivity contribution in [2.45, 2.75) is 99.0 Å². The van der Waals surface area contributed by atoms with E-state index in [1.807, 2.05) is 0 Å². The first-order valence-corrected chi connectivity index (χ1v) is 13.8. The van der Waals surface area contributed by atoms with Crippen LogP contribution >= 0.6 is 0 Å². The van der Waals surface area contributed by atoms with Crippen LogP contribution in [0.5, 0.6) is 0 Å². The van der Waals surface area contributed by atoms with Gasteiger partial charge in [-0.15, -0.1) is 0 Å². The molecule has 5 saturated carbocycles. The molecule has 2 unspecified atom stereocenters. The van der Waals surface area contributed by atoms with Crippen molar-refractivity contribution in [2.24, 2.45) is 62.6 Å². The number of carboxylic acid groups (broad SMARTS) is 1. The second-order valence-electron chi connectivity index (χ2n) is 14.4. The van der Waals surface area contributed by atoms with Gasteiger partial charge in [0.2, 0.25) is 0 Å². The van der Waals surface area contributed by atoms with Gasteiger partial charge in [-0.05, 0) is 110 Å². The third-order valence-electron chi connectivity index (χ3n) is 13.5. The fraction of sp³-hybridized carbons (Fsp3) is 0.867. The Morgan fingerprint density at radius 2 is 1.59 bits per heavy atom. The quantitative estimate of drug-likeness (QED) is 0.385. The van der Waals surface area contributed by atoms with Gasteiger partial charge in [0.25, 0.3) is 0 Å². The van der Waals surface area contributed by atoms with E-state index in [1.165, 1.54) is 0 Å². The fourth-order valence-corrected chi connectivity index (χ4v) is 11.7. The molecule has 190 valence electrons. The van der Waals surface area contributed by atoms with Crippen molar-refractivity contribution in [1.29, 1.82) is 0 Å². The predicted molar refractivity (Wildman–Crippen MR) is 133 cm³/mol. The van der Waals surface area contributed by atoms with E-state index in [-0.39, 0.29) is 33.5 Å². The lowest BCUT2D eigenvalue weighted by Gasteiger charge is -2.70. The van der Waals surface area contributed by atoms with Gasteiger partial charge >= 0.3 is 5.97 Å². The van der Waals surface area contributed by atoms with E-state index in [0.717, 1.165) is 63.2 Å². The zero-order chi connectivity index (χ0) is 25.1. The van der Waals surface area contributed by atoms with Crippen LogP contribution in [0.4, 0.5) is 0 Å². The SMILES string of the molecule is C=C(C)[C@@H]1CC[C@]2(C(=O)O)CC[C@]3(C)[C@H](CC[C@@H]4[C@@]5(C)C(C=O)C(O)C(C)(C)[C@@H]5CC[C@]43C)[C@@H]12. The van der Waals surface area contributed by atoms with Gasteiger partial charge in [0.05, 0.1) is 11.5 Å². The number of aldehydes is 1. The smallest absolute Gasteiger partial charge is 0.309 e. The van der Waals surface area contributed by atoms with Gasteiger partial charge < -0.3 is 15.0 Å². The van der Waals surface area contributed by atoms with E-state index in [0.29, 0.717) is 23.7 Å². The summed E-state index contributed by atoms with van der Waals surface area (Å²) in [6.45, 7) is 18.0. The molecule has 5 rings (SSSR count). The highest BCUT2D eigenvalue weighted by atomic mass is 16.4. The van der Waals surface area contributed by atoms with E-state index in [2.05, 4.69) is 48.1 Å². The molecule has 0 aromatic heterocycles. The highest BCUT2D eigenvalue weighted by molar-refractivity contribution is 5.76. The molecule has 34 heavy (non-hydrogen) atoms. The van der Waals surface area contributed by atoms with Gasteiger partial charge in [0.15, 0.2) is 0 Å². The zero-order valence-corrected chi connectivity index (χ0v) is 22.2. The van der Waals surface area contributed by atoms with Crippen LogP contribution in [0, 0.1) is 62.6 Å². The van der Waals surface area contributed by atoms with Gasteiger partial charge in [-0.2, -0.15) is 0 Å². The molecule has 4 nitrogen and oxygen atoms in total. The summed E-state index contributed by atoms with van der Waals surface area (Å²) in [5.41, 5.74) is 0.153. The Morgan fingerprint density at radius 1 is 0.912 bits per heavy atom. The summed E-state index contributed by atoms with van der Waals surface area (Å²) in [6, 6.07) is 0. The molecule has 11 atom stereocenters. The number of aliphatic carboxylic acids is 1. The van der Waals surface area contributed by atoms with Crippen molar-refractivity contribution >= 4 is 12.3 Å². The van der Waals surface area contributed by atoms with Crippen LogP contribution in [-0.2, 0) is 9.59 Å². The summed E-state index contributed by atoms with van der Waals surface area (Å²) < 4.78 is 0. The van der Waals surface area contributed by atoms with Crippen molar-refractivity contribution in [1.82, 2.24) is 0 Å². The number of rotatable bonds is 3. The van der Waals surface area contributed by atoms with Gasteiger partial charge in [-0.3, -0.25) is 4.79 Å². The lowest BCUT2D eigenvalue weighted by molar-refractivity contribution is -0.225. The molecule has 2 N–H and O–H groups in total. The second-order valence-corrected chi connectivity index (χ2v) is 14.4. The minimum atomic E-state index is -0.602. The van der Waals surface area contributed by atoms with E-state index in [1.54, 1.807) is 0 Å². The first kappa shape index (κ1) is 24.5. The molecule has 0 bridgehead atoms. The molecule has 0 radical (unpaired) electrons. The van der Waals surface area contributed by atoms with Crippen molar-refractivity contribution in [2.75, 3.05) is 0 Å². The normalized spacial score (nSPS) is 55.4. The molecule has 5 aliphatic carbocycles. The van der Waals surface area contributed by atoms with Crippen molar-refractivity contribution < 1.29 is 19.8 Å². The third kappa shape index (κ3) is 2.55. The van der Waals surface area contributed by atoms with Gasteiger partial charge in [0.1, 0.15) is 6.29 Å². The summed E-state index contributed by atoms with van der Waals surface area (Å²) in [5, 5.41) is 21.8. The van der Waals surface area contributed by atoms with E-state index < -0.39 is 17.5 Å². The van der Waals surface area contributed by atoms with Crippen LogP contribution in [-0.4, -0.2) is 28.6 Å². The second kappa shape index (κ2) is 7.20. The number of hydrogen-bond donors (Lipinski definition) is 2. The molecule has 0 aliphatic heterocycles. The number of aliphatic hydroxyl groups is 1. The average molecular weight is 471 g/mol.